The number of benzene rings is 3. The molecule has 3 heterocycles. The third kappa shape index (κ3) is 3.59. The van der Waals surface area contributed by atoms with Crippen molar-refractivity contribution in [3.05, 3.63) is 105 Å². The van der Waals surface area contributed by atoms with Gasteiger partial charge in [0.2, 0.25) is 4.96 Å². The normalized spacial score (nSPS) is 14.5. The van der Waals surface area contributed by atoms with Gasteiger partial charge in [0.15, 0.2) is 5.82 Å². The summed E-state index contributed by atoms with van der Waals surface area (Å²) >= 11 is 1.19. The third-order valence-corrected chi connectivity index (χ3v) is 6.94. The summed E-state index contributed by atoms with van der Waals surface area (Å²) in [5.41, 5.74) is 3.42. The Morgan fingerprint density at radius 1 is 0.914 bits per heavy atom. The zero-order chi connectivity index (χ0) is 23.9. The van der Waals surface area contributed by atoms with E-state index in [-0.39, 0.29) is 11.5 Å². The van der Waals surface area contributed by atoms with Crippen LogP contribution in [0, 0.1) is 0 Å². The van der Waals surface area contributed by atoms with E-state index in [4.69, 9.17) is 4.74 Å². The van der Waals surface area contributed by atoms with Gasteiger partial charge in [-0.1, -0.05) is 59.9 Å². The number of carbonyl (C=O) groups excluding carboxylic acids is 1. The van der Waals surface area contributed by atoms with Crippen LogP contribution in [-0.2, 0) is 11.3 Å². The highest BCUT2D eigenvalue weighted by molar-refractivity contribution is 7.15. The molecule has 0 bridgehead atoms. The Hall–Kier alpha value is -4.30. The fourth-order valence-electron chi connectivity index (χ4n) is 4.30. The van der Waals surface area contributed by atoms with Crippen molar-refractivity contribution < 1.29 is 9.53 Å². The lowest BCUT2D eigenvalue weighted by atomic mass is 10.1. The lowest BCUT2D eigenvalue weighted by molar-refractivity contribution is -0.113. The van der Waals surface area contributed by atoms with Crippen molar-refractivity contribution in [2.24, 2.45) is 0 Å². The highest BCUT2D eigenvalue weighted by atomic mass is 32.1. The van der Waals surface area contributed by atoms with Gasteiger partial charge in [0, 0.05) is 11.1 Å². The summed E-state index contributed by atoms with van der Waals surface area (Å²) in [5.74, 6) is 1.03. The van der Waals surface area contributed by atoms with Crippen LogP contribution in [0.3, 0.4) is 0 Å². The summed E-state index contributed by atoms with van der Waals surface area (Å²) in [5, 5.41) is 4.44. The van der Waals surface area contributed by atoms with Gasteiger partial charge in [-0.15, -0.1) is 5.10 Å². The van der Waals surface area contributed by atoms with E-state index < -0.39 is 0 Å². The Morgan fingerprint density at radius 2 is 1.66 bits per heavy atom. The summed E-state index contributed by atoms with van der Waals surface area (Å²) in [6.07, 6.45) is 0. The topological polar surface area (TPSA) is 76.8 Å². The van der Waals surface area contributed by atoms with Crippen LogP contribution in [-0.4, -0.2) is 27.1 Å². The molecule has 0 fully saturated rings. The molecular weight excluding hydrogens is 460 g/mol. The van der Waals surface area contributed by atoms with Crippen LogP contribution in [0.5, 0.6) is 5.75 Å². The number of amides is 1. The quantitative estimate of drug-likeness (QED) is 0.384. The van der Waals surface area contributed by atoms with Crippen LogP contribution in [0.1, 0.15) is 18.1 Å². The molecule has 1 amide bonds. The number of nitrogens with zero attached hydrogens (tertiary/aromatic N) is 4. The first kappa shape index (κ1) is 21.2. The average Bonchev–Trinajstić information content (AvgIpc) is 3.52. The Kier molecular flexibility index (Phi) is 5.15. The van der Waals surface area contributed by atoms with E-state index in [1.165, 1.54) is 15.9 Å². The first-order valence-electron chi connectivity index (χ1n) is 11.3. The maximum absolute atomic E-state index is 13.6. The lowest BCUT2D eigenvalue weighted by Crippen LogP contribution is -2.32. The van der Waals surface area contributed by atoms with Crippen molar-refractivity contribution in [1.82, 2.24) is 14.6 Å². The van der Waals surface area contributed by atoms with E-state index in [0.29, 0.717) is 34.0 Å². The molecule has 2 aromatic heterocycles. The molecule has 0 atom stereocenters. The summed E-state index contributed by atoms with van der Waals surface area (Å²) in [6, 6.07) is 24.8. The molecule has 0 radical (unpaired) electrons. The number of ether oxygens (including phenoxy) is 1. The van der Waals surface area contributed by atoms with E-state index in [9.17, 15) is 9.59 Å². The number of thiazole rings is 1. The molecule has 0 saturated heterocycles. The molecule has 8 heteroatoms. The molecule has 6 rings (SSSR count). The van der Waals surface area contributed by atoms with Gasteiger partial charge in [-0.3, -0.25) is 9.59 Å². The van der Waals surface area contributed by atoms with Crippen molar-refractivity contribution in [1.29, 1.82) is 0 Å². The second kappa shape index (κ2) is 8.48. The molecule has 172 valence electrons. The molecular formula is C27H20N4O3S. The minimum absolute atomic E-state index is 0.191. The average molecular weight is 481 g/mol. The van der Waals surface area contributed by atoms with Gasteiger partial charge in [-0.25, -0.2) is 0 Å². The van der Waals surface area contributed by atoms with Gasteiger partial charge < -0.3 is 9.64 Å². The van der Waals surface area contributed by atoms with Crippen molar-refractivity contribution in [3.8, 4) is 17.1 Å². The number of aromatic nitrogens is 3. The number of hydrogen-bond donors (Lipinski definition) is 0. The number of fused-ring (bicyclic) bond motifs is 2. The molecule has 1 aliphatic rings. The molecule has 0 spiro atoms. The van der Waals surface area contributed by atoms with Gasteiger partial charge in [0.05, 0.1) is 24.4 Å². The van der Waals surface area contributed by atoms with Gasteiger partial charge in [0.1, 0.15) is 10.3 Å². The lowest BCUT2D eigenvalue weighted by Gasteiger charge is -2.17. The fourth-order valence-corrected chi connectivity index (χ4v) is 5.29. The molecule has 5 aromatic rings. The molecule has 7 nitrogen and oxygen atoms in total. The van der Waals surface area contributed by atoms with Crippen molar-refractivity contribution in [2.75, 3.05) is 11.5 Å². The highest BCUT2D eigenvalue weighted by Gasteiger charge is 2.34. The zero-order valence-electron chi connectivity index (χ0n) is 18.8. The summed E-state index contributed by atoms with van der Waals surface area (Å²) in [7, 11) is 0. The van der Waals surface area contributed by atoms with E-state index in [1.54, 1.807) is 4.90 Å². The first-order valence-corrected chi connectivity index (χ1v) is 12.1. The maximum Gasteiger partial charge on any atom is 0.291 e. The highest BCUT2D eigenvalue weighted by Crippen LogP contribution is 2.36. The smallest absolute Gasteiger partial charge is 0.291 e. The van der Waals surface area contributed by atoms with Crippen LogP contribution in [0.2, 0.25) is 0 Å². The SMILES string of the molecule is CCOc1ccc(-c2nc3s/c(=C4\C(=O)N(Cc5ccccc5)c5ccccc54)c(=O)n3n2)cc1. The minimum atomic E-state index is -0.339. The maximum atomic E-state index is 13.6. The largest absolute Gasteiger partial charge is 0.494 e. The van der Waals surface area contributed by atoms with Crippen molar-refractivity contribution in [2.45, 2.75) is 13.5 Å². The standard InChI is InChI=1S/C27H20N4O3S/c1-2-34-19-14-12-18(13-15-19)24-28-27-31(29-24)26(33)23(35-27)22-20-10-6-7-11-21(20)30(25(22)32)16-17-8-4-3-5-9-17/h3-15H,2,16H2,1H3/b23-22-. The van der Waals surface area contributed by atoms with Crippen LogP contribution >= 0.6 is 11.3 Å². The van der Waals surface area contributed by atoms with Gasteiger partial charge in [-0.2, -0.15) is 9.50 Å². The van der Waals surface area contributed by atoms with Crippen molar-refractivity contribution in [3.63, 3.8) is 0 Å². The van der Waals surface area contributed by atoms with Crippen LogP contribution in [0.25, 0.3) is 21.9 Å². The van der Waals surface area contributed by atoms with E-state index in [1.807, 2.05) is 85.8 Å². The van der Waals surface area contributed by atoms with E-state index in [0.717, 1.165) is 28.1 Å². The molecule has 1 aliphatic heterocycles. The first-order chi connectivity index (χ1) is 17.1. The monoisotopic (exact) mass is 480 g/mol. The number of para-hydroxylation sites is 1. The third-order valence-electron chi connectivity index (χ3n) is 5.91. The predicted molar refractivity (Wildman–Crippen MR) is 136 cm³/mol. The van der Waals surface area contributed by atoms with Crippen LogP contribution in [0.15, 0.2) is 83.7 Å². The van der Waals surface area contributed by atoms with Crippen molar-refractivity contribution >= 4 is 33.5 Å². The summed E-state index contributed by atoms with van der Waals surface area (Å²) < 4.78 is 7.12. The molecule has 35 heavy (non-hydrogen) atoms. The van der Waals surface area contributed by atoms with Crippen LogP contribution < -0.4 is 19.7 Å². The molecule has 0 unspecified atom stereocenters. The van der Waals surface area contributed by atoms with Gasteiger partial charge >= 0.3 is 0 Å². The van der Waals surface area contributed by atoms with Gasteiger partial charge in [0.25, 0.3) is 11.5 Å². The molecule has 0 saturated carbocycles. The molecule has 3 aromatic carbocycles. The Labute approximate surface area is 204 Å². The predicted octanol–water partition coefficient (Wildman–Crippen LogP) is 3.68. The number of hydrogen-bond acceptors (Lipinski definition) is 6. The van der Waals surface area contributed by atoms with Gasteiger partial charge in [-0.05, 0) is 42.8 Å². The Balaban J connectivity index is 1.44. The van der Waals surface area contributed by atoms with E-state index in [2.05, 4.69) is 10.1 Å². The zero-order valence-corrected chi connectivity index (χ0v) is 19.7. The number of carbonyl (C=O) groups is 1. The second-order valence-corrected chi connectivity index (χ2v) is 9.07. The fraction of sp³-hybridized carbons (Fsp3) is 0.111. The second-order valence-electron chi connectivity index (χ2n) is 8.09. The Morgan fingerprint density at radius 3 is 2.40 bits per heavy atom. The summed E-state index contributed by atoms with van der Waals surface area (Å²) in [4.78, 5) is 33.7. The summed E-state index contributed by atoms with van der Waals surface area (Å²) in [6.45, 7) is 2.94. The Bertz CT molecular complexity index is 1670. The number of anilines is 1. The molecule has 0 aliphatic carbocycles. The molecule has 0 N–H and O–H groups in total. The van der Waals surface area contributed by atoms with Crippen LogP contribution in [0.4, 0.5) is 5.69 Å². The number of rotatable bonds is 5. The minimum Gasteiger partial charge on any atom is -0.494 e. The van der Waals surface area contributed by atoms with E-state index >= 15 is 0 Å².